The van der Waals surface area contributed by atoms with Crippen molar-refractivity contribution in [1.82, 2.24) is 10.6 Å². The zero-order chi connectivity index (χ0) is 18.5. The molecule has 1 saturated carbocycles. The van der Waals surface area contributed by atoms with E-state index in [4.69, 9.17) is 11.6 Å². The fraction of sp³-hybridized carbons (Fsp3) is 0.300. The lowest BCUT2D eigenvalue weighted by molar-refractivity contribution is -0.117. The van der Waals surface area contributed by atoms with Gasteiger partial charge in [0.2, 0.25) is 5.91 Å². The van der Waals surface area contributed by atoms with Gasteiger partial charge in [-0.25, -0.2) is 4.79 Å². The van der Waals surface area contributed by atoms with Crippen LogP contribution >= 0.6 is 11.6 Å². The predicted octanol–water partition coefficient (Wildman–Crippen LogP) is 4.25. The van der Waals surface area contributed by atoms with Crippen LogP contribution in [-0.4, -0.2) is 11.9 Å². The summed E-state index contributed by atoms with van der Waals surface area (Å²) in [6.45, 7) is 2.29. The zero-order valence-electron chi connectivity index (χ0n) is 14.6. The molecule has 1 atom stereocenters. The minimum Gasteiger partial charge on any atom is -0.334 e. The summed E-state index contributed by atoms with van der Waals surface area (Å²) >= 11 is 5.88. The molecule has 0 bridgehead atoms. The number of carbonyl (C=O) groups is 2. The van der Waals surface area contributed by atoms with Gasteiger partial charge in [-0.15, -0.1) is 0 Å². The van der Waals surface area contributed by atoms with Gasteiger partial charge >= 0.3 is 6.03 Å². The molecule has 3 rings (SSSR count). The van der Waals surface area contributed by atoms with Gasteiger partial charge in [-0.05, 0) is 55.2 Å². The molecule has 0 heterocycles. The van der Waals surface area contributed by atoms with Crippen LogP contribution in [0.25, 0.3) is 0 Å². The molecule has 0 aliphatic heterocycles. The summed E-state index contributed by atoms with van der Waals surface area (Å²) in [5.41, 5.74) is 2.67. The van der Waals surface area contributed by atoms with Crippen LogP contribution in [-0.2, 0) is 11.3 Å². The third-order valence-electron chi connectivity index (χ3n) is 4.31. The molecule has 0 aromatic heterocycles. The average molecular weight is 372 g/mol. The maximum Gasteiger partial charge on any atom is 0.315 e. The molecule has 0 unspecified atom stereocenters. The molecule has 136 valence electrons. The normalized spacial score (nSPS) is 14.4. The lowest BCUT2D eigenvalue weighted by atomic mass is 10.1. The summed E-state index contributed by atoms with van der Waals surface area (Å²) in [6, 6.07) is 14.5. The Kier molecular flexibility index (Phi) is 5.78. The van der Waals surface area contributed by atoms with E-state index < -0.39 is 0 Å². The summed E-state index contributed by atoms with van der Waals surface area (Å²) < 4.78 is 0. The van der Waals surface area contributed by atoms with E-state index in [1.165, 1.54) is 0 Å². The second-order valence-corrected chi connectivity index (χ2v) is 7.00. The van der Waals surface area contributed by atoms with Gasteiger partial charge in [0.05, 0.1) is 6.04 Å². The zero-order valence-corrected chi connectivity index (χ0v) is 15.3. The summed E-state index contributed by atoms with van der Waals surface area (Å²) in [7, 11) is 0. The van der Waals surface area contributed by atoms with Crippen molar-refractivity contribution in [2.45, 2.75) is 32.4 Å². The Morgan fingerprint density at radius 3 is 2.58 bits per heavy atom. The van der Waals surface area contributed by atoms with E-state index in [2.05, 4.69) is 16.0 Å². The highest BCUT2D eigenvalue weighted by Gasteiger charge is 2.29. The lowest BCUT2D eigenvalue weighted by Crippen LogP contribution is -2.36. The Morgan fingerprint density at radius 1 is 1.15 bits per heavy atom. The topological polar surface area (TPSA) is 70.2 Å². The monoisotopic (exact) mass is 371 g/mol. The van der Waals surface area contributed by atoms with E-state index in [1.807, 2.05) is 43.3 Å². The second-order valence-electron chi connectivity index (χ2n) is 6.56. The number of urea groups is 1. The smallest absolute Gasteiger partial charge is 0.315 e. The van der Waals surface area contributed by atoms with E-state index in [9.17, 15) is 9.59 Å². The van der Waals surface area contributed by atoms with Crippen LogP contribution < -0.4 is 16.0 Å². The molecule has 0 radical (unpaired) electrons. The maximum absolute atomic E-state index is 12.1. The fourth-order valence-electron chi connectivity index (χ4n) is 2.61. The number of rotatable bonds is 6. The van der Waals surface area contributed by atoms with E-state index in [1.54, 1.807) is 12.1 Å². The first kappa shape index (κ1) is 18.3. The Bertz CT molecular complexity index is 788. The number of anilines is 1. The van der Waals surface area contributed by atoms with Crippen molar-refractivity contribution in [3.8, 4) is 0 Å². The first-order valence-corrected chi connectivity index (χ1v) is 9.08. The molecule has 1 aliphatic carbocycles. The van der Waals surface area contributed by atoms with Crippen molar-refractivity contribution in [2.75, 3.05) is 5.32 Å². The van der Waals surface area contributed by atoms with Gasteiger partial charge in [0, 0.05) is 23.2 Å². The van der Waals surface area contributed by atoms with Crippen LogP contribution in [0.4, 0.5) is 10.5 Å². The van der Waals surface area contributed by atoms with Crippen LogP contribution in [0.1, 0.15) is 36.9 Å². The molecule has 3 N–H and O–H groups in total. The molecule has 1 fully saturated rings. The predicted molar refractivity (Wildman–Crippen MR) is 103 cm³/mol. The number of amides is 3. The van der Waals surface area contributed by atoms with Crippen molar-refractivity contribution >= 4 is 29.2 Å². The third kappa shape index (κ3) is 5.23. The summed E-state index contributed by atoms with van der Waals surface area (Å²) in [4.78, 5) is 23.9. The van der Waals surface area contributed by atoms with Crippen LogP contribution in [0.3, 0.4) is 0 Å². The highest BCUT2D eigenvalue weighted by atomic mass is 35.5. The highest BCUT2D eigenvalue weighted by Crippen LogP contribution is 2.30. The van der Waals surface area contributed by atoms with Gasteiger partial charge in [-0.3, -0.25) is 4.79 Å². The van der Waals surface area contributed by atoms with Crippen molar-refractivity contribution in [2.24, 2.45) is 5.92 Å². The quantitative estimate of drug-likeness (QED) is 0.710. The largest absolute Gasteiger partial charge is 0.334 e. The van der Waals surface area contributed by atoms with Gasteiger partial charge in [0.25, 0.3) is 0 Å². The minimum absolute atomic E-state index is 0.0737. The number of hydrogen-bond acceptors (Lipinski definition) is 2. The van der Waals surface area contributed by atoms with E-state index in [-0.39, 0.29) is 23.9 Å². The SMILES string of the molecule is C[C@@H](NC(=O)NCc1cccc(NC(=O)C2CC2)c1)c1ccc(Cl)cc1. The molecule has 5 nitrogen and oxygen atoms in total. The van der Waals surface area contributed by atoms with Crippen molar-refractivity contribution in [3.05, 3.63) is 64.7 Å². The van der Waals surface area contributed by atoms with Gasteiger partial charge < -0.3 is 16.0 Å². The molecule has 6 heteroatoms. The number of nitrogens with one attached hydrogen (secondary N) is 3. The van der Waals surface area contributed by atoms with E-state index in [0.717, 1.165) is 29.7 Å². The maximum atomic E-state index is 12.1. The lowest BCUT2D eigenvalue weighted by Gasteiger charge is -2.15. The molecular weight excluding hydrogens is 350 g/mol. The minimum atomic E-state index is -0.250. The molecular formula is C20H22ClN3O2. The number of hydrogen-bond donors (Lipinski definition) is 3. The van der Waals surface area contributed by atoms with Crippen LogP contribution in [0, 0.1) is 5.92 Å². The van der Waals surface area contributed by atoms with Gasteiger partial charge in [0.1, 0.15) is 0 Å². The summed E-state index contributed by atoms with van der Waals surface area (Å²) in [5.74, 6) is 0.238. The molecule has 26 heavy (non-hydrogen) atoms. The van der Waals surface area contributed by atoms with Gasteiger partial charge in [-0.1, -0.05) is 35.9 Å². The molecule has 0 spiro atoms. The third-order valence-corrected chi connectivity index (χ3v) is 4.57. The second kappa shape index (κ2) is 8.23. The Labute approximate surface area is 158 Å². The Hall–Kier alpha value is -2.53. The van der Waals surface area contributed by atoms with E-state index >= 15 is 0 Å². The van der Waals surface area contributed by atoms with Crippen LogP contribution in [0.5, 0.6) is 0 Å². The number of benzene rings is 2. The van der Waals surface area contributed by atoms with Crippen molar-refractivity contribution in [1.29, 1.82) is 0 Å². The summed E-state index contributed by atoms with van der Waals surface area (Å²) in [5, 5.41) is 9.31. The van der Waals surface area contributed by atoms with Crippen molar-refractivity contribution in [3.63, 3.8) is 0 Å². The molecule has 1 aliphatic rings. The Morgan fingerprint density at radius 2 is 1.88 bits per heavy atom. The molecule has 0 saturated heterocycles. The number of halogens is 1. The van der Waals surface area contributed by atoms with Gasteiger partial charge in [-0.2, -0.15) is 0 Å². The molecule has 3 amide bonds. The highest BCUT2D eigenvalue weighted by molar-refractivity contribution is 6.30. The van der Waals surface area contributed by atoms with E-state index in [0.29, 0.717) is 11.6 Å². The Balaban J connectivity index is 1.49. The van der Waals surface area contributed by atoms with Crippen molar-refractivity contribution < 1.29 is 9.59 Å². The summed E-state index contributed by atoms with van der Waals surface area (Å²) in [6.07, 6.45) is 1.94. The van der Waals surface area contributed by atoms with Crippen LogP contribution in [0.2, 0.25) is 5.02 Å². The molecule has 2 aromatic rings. The van der Waals surface area contributed by atoms with Gasteiger partial charge in [0.15, 0.2) is 0 Å². The molecule has 2 aromatic carbocycles. The standard InChI is InChI=1S/C20H22ClN3O2/c1-13(15-7-9-17(21)10-8-15)23-20(26)22-12-14-3-2-4-18(11-14)24-19(25)16-5-6-16/h2-4,7-11,13,16H,5-6,12H2,1H3,(H,24,25)(H2,22,23,26)/t13-/m1/s1. The van der Waals surface area contributed by atoms with Crippen LogP contribution in [0.15, 0.2) is 48.5 Å². The number of carbonyl (C=O) groups excluding carboxylic acids is 2. The average Bonchev–Trinajstić information content (AvgIpc) is 3.46. The fourth-order valence-corrected chi connectivity index (χ4v) is 2.74. The first-order valence-electron chi connectivity index (χ1n) is 8.71. The first-order chi connectivity index (χ1) is 12.5.